The minimum Gasteiger partial charge on any atom is -0.393 e. The van der Waals surface area contributed by atoms with E-state index in [1.807, 2.05) is 0 Å². The van der Waals surface area contributed by atoms with E-state index in [0.29, 0.717) is 0 Å². The van der Waals surface area contributed by atoms with Gasteiger partial charge in [0.15, 0.2) is 11.6 Å². The van der Waals surface area contributed by atoms with E-state index in [1.165, 1.54) is 0 Å². The number of nitrogens with zero attached hydrogens (tertiary/aromatic N) is 2. The number of rotatable bonds is 3. The molecule has 0 spiro atoms. The number of halogens is 4. The fourth-order valence-electron chi connectivity index (χ4n) is 1.54. The van der Waals surface area contributed by atoms with E-state index in [9.17, 15) is 13.2 Å². The van der Waals surface area contributed by atoms with Crippen molar-refractivity contribution in [2.45, 2.75) is 6.18 Å². The normalized spacial score (nSPS) is 11.3. The summed E-state index contributed by atoms with van der Waals surface area (Å²) in [6.07, 6.45) is -3.34. The molecule has 0 radical (unpaired) electrons. The number of anilines is 4. The molecule has 1 heterocycles. The molecule has 21 heavy (non-hydrogen) atoms. The average Bonchev–Trinajstić information content (AvgIpc) is 2.42. The van der Waals surface area contributed by atoms with E-state index < -0.39 is 11.7 Å². The number of hydrogen-bond acceptors (Lipinski definition) is 6. The smallest absolute Gasteiger partial charge is 0.393 e. The SMILES string of the molecule is NNc1ncnc(Nc2cc(C(F)(F)F)ccc2Cl)c1N. The van der Waals surface area contributed by atoms with E-state index >= 15 is 0 Å². The first kappa shape index (κ1) is 15.1. The zero-order valence-electron chi connectivity index (χ0n) is 10.4. The zero-order valence-corrected chi connectivity index (χ0v) is 11.1. The highest BCUT2D eigenvalue weighted by molar-refractivity contribution is 6.33. The molecule has 2 rings (SSSR count). The first-order chi connectivity index (χ1) is 9.82. The van der Waals surface area contributed by atoms with E-state index in [0.717, 1.165) is 24.5 Å². The van der Waals surface area contributed by atoms with Gasteiger partial charge in [-0.15, -0.1) is 0 Å². The van der Waals surface area contributed by atoms with E-state index in [2.05, 4.69) is 20.7 Å². The van der Waals surface area contributed by atoms with Gasteiger partial charge in [0.05, 0.1) is 16.3 Å². The van der Waals surface area contributed by atoms with Crippen LogP contribution in [0.15, 0.2) is 24.5 Å². The Morgan fingerprint density at radius 2 is 1.81 bits per heavy atom. The summed E-state index contributed by atoms with van der Waals surface area (Å²) in [5.41, 5.74) is 7.18. The van der Waals surface area contributed by atoms with Crippen LogP contribution >= 0.6 is 11.6 Å². The Balaban J connectivity index is 2.40. The minimum absolute atomic E-state index is 0.0138. The quantitative estimate of drug-likeness (QED) is 0.513. The second-order valence-corrected chi connectivity index (χ2v) is 4.35. The van der Waals surface area contributed by atoms with E-state index in [1.54, 1.807) is 0 Å². The molecule has 0 saturated carbocycles. The Kier molecular flexibility index (Phi) is 4.05. The molecular weight excluding hydrogens is 309 g/mol. The van der Waals surface area contributed by atoms with E-state index in [4.69, 9.17) is 23.2 Å². The van der Waals surface area contributed by atoms with E-state index in [-0.39, 0.29) is 28.0 Å². The van der Waals surface area contributed by atoms with Crippen molar-refractivity contribution in [3.63, 3.8) is 0 Å². The lowest BCUT2D eigenvalue weighted by Gasteiger charge is -2.14. The number of nitrogens with one attached hydrogen (secondary N) is 2. The Bertz CT molecular complexity index is 661. The van der Waals surface area contributed by atoms with Crippen molar-refractivity contribution >= 4 is 34.6 Å². The highest BCUT2D eigenvalue weighted by atomic mass is 35.5. The Morgan fingerprint density at radius 3 is 2.43 bits per heavy atom. The molecule has 6 N–H and O–H groups in total. The maximum atomic E-state index is 12.7. The third-order valence-electron chi connectivity index (χ3n) is 2.57. The van der Waals surface area contributed by atoms with Gasteiger partial charge in [-0.25, -0.2) is 15.8 Å². The standard InChI is InChI=1S/C11H10ClF3N6/c12-6-2-1-5(11(13,14)15)3-7(6)20-9-8(16)10(21-17)19-4-18-9/h1-4H,16-17H2,(H2,18,19,20,21). The zero-order chi connectivity index (χ0) is 15.6. The molecule has 10 heteroatoms. The summed E-state index contributed by atoms with van der Waals surface area (Å²) in [7, 11) is 0. The van der Waals surface area contributed by atoms with Crippen LogP contribution in [-0.4, -0.2) is 9.97 Å². The van der Waals surface area contributed by atoms with Gasteiger partial charge >= 0.3 is 6.18 Å². The van der Waals surface area contributed by atoms with Crippen molar-refractivity contribution in [1.29, 1.82) is 0 Å². The number of benzene rings is 1. The van der Waals surface area contributed by atoms with Crippen LogP contribution in [0.3, 0.4) is 0 Å². The molecule has 0 bridgehead atoms. The number of aromatic nitrogens is 2. The number of alkyl halides is 3. The topological polar surface area (TPSA) is 102 Å². The van der Waals surface area contributed by atoms with Crippen molar-refractivity contribution in [1.82, 2.24) is 9.97 Å². The second kappa shape index (κ2) is 5.62. The highest BCUT2D eigenvalue weighted by Crippen LogP contribution is 2.35. The third kappa shape index (κ3) is 3.26. The summed E-state index contributed by atoms with van der Waals surface area (Å²) in [5.74, 6) is 5.42. The Morgan fingerprint density at radius 1 is 1.14 bits per heavy atom. The molecule has 0 unspecified atom stereocenters. The molecule has 1 aromatic heterocycles. The van der Waals surface area contributed by atoms with Crippen LogP contribution in [0.25, 0.3) is 0 Å². The fraction of sp³-hybridized carbons (Fsp3) is 0.0909. The monoisotopic (exact) mass is 318 g/mol. The van der Waals surface area contributed by atoms with Crippen LogP contribution < -0.4 is 22.3 Å². The lowest BCUT2D eigenvalue weighted by molar-refractivity contribution is -0.137. The summed E-state index contributed by atoms with van der Waals surface area (Å²) in [6, 6.07) is 2.87. The minimum atomic E-state index is -4.48. The molecule has 6 nitrogen and oxygen atoms in total. The predicted octanol–water partition coefficient (Wildman–Crippen LogP) is 2.76. The van der Waals surface area contributed by atoms with Crippen molar-refractivity contribution in [2.75, 3.05) is 16.5 Å². The average molecular weight is 319 g/mol. The maximum Gasteiger partial charge on any atom is 0.416 e. The van der Waals surface area contributed by atoms with Crippen LogP contribution in [0.4, 0.5) is 36.2 Å². The molecule has 0 aliphatic heterocycles. The lowest BCUT2D eigenvalue weighted by Crippen LogP contribution is -2.13. The molecule has 0 atom stereocenters. The molecule has 2 aromatic rings. The van der Waals surface area contributed by atoms with Crippen LogP contribution in [-0.2, 0) is 6.18 Å². The maximum absolute atomic E-state index is 12.7. The number of nitrogen functional groups attached to an aromatic ring is 2. The second-order valence-electron chi connectivity index (χ2n) is 3.95. The van der Waals surface area contributed by atoms with Crippen LogP contribution in [0, 0.1) is 0 Å². The van der Waals surface area contributed by atoms with Crippen LogP contribution in [0.2, 0.25) is 5.02 Å². The molecule has 0 saturated heterocycles. The molecule has 1 aromatic carbocycles. The summed E-state index contributed by atoms with van der Waals surface area (Å²) in [4.78, 5) is 7.59. The summed E-state index contributed by atoms with van der Waals surface area (Å²) < 4.78 is 38.1. The molecule has 0 amide bonds. The summed E-state index contributed by atoms with van der Waals surface area (Å²) in [5, 5.41) is 2.71. The number of hydrogen-bond donors (Lipinski definition) is 4. The molecule has 0 fully saturated rings. The summed E-state index contributed by atoms with van der Waals surface area (Å²) in [6.45, 7) is 0. The van der Waals surface area contributed by atoms with Gasteiger partial charge < -0.3 is 16.5 Å². The van der Waals surface area contributed by atoms with Crippen molar-refractivity contribution < 1.29 is 13.2 Å². The summed E-state index contributed by atoms with van der Waals surface area (Å²) >= 11 is 5.87. The largest absolute Gasteiger partial charge is 0.416 e. The van der Waals surface area contributed by atoms with Gasteiger partial charge in [0.1, 0.15) is 12.0 Å². The van der Waals surface area contributed by atoms with Crippen LogP contribution in [0.5, 0.6) is 0 Å². The molecule has 112 valence electrons. The molecular formula is C11H10ClF3N6. The van der Waals surface area contributed by atoms with Crippen LogP contribution in [0.1, 0.15) is 5.56 Å². The van der Waals surface area contributed by atoms with Gasteiger partial charge in [0, 0.05) is 0 Å². The van der Waals surface area contributed by atoms with Gasteiger partial charge in [0.25, 0.3) is 0 Å². The first-order valence-electron chi connectivity index (χ1n) is 5.53. The van der Waals surface area contributed by atoms with Crippen molar-refractivity contribution in [2.24, 2.45) is 5.84 Å². The molecule has 0 aliphatic rings. The third-order valence-corrected chi connectivity index (χ3v) is 2.90. The van der Waals surface area contributed by atoms with Crippen molar-refractivity contribution in [3.05, 3.63) is 35.1 Å². The first-order valence-corrected chi connectivity index (χ1v) is 5.91. The van der Waals surface area contributed by atoms with Gasteiger partial charge in [-0.3, -0.25) is 0 Å². The number of nitrogens with two attached hydrogens (primary N) is 2. The Labute approximate surface area is 122 Å². The van der Waals surface area contributed by atoms with Gasteiger partial charge in [-0.1, -0.05) is 11.6 Å². The lowest BCUT2D eigenvalue weighted by atomic mass is 10.2. The van der Waals surface area contributed by atoms with Gasteiger partial charge in [-0.05, 0) is 18.2 Å². The number of hydrazine groups is 1. The fourth-order valence-corrected chi connectivity index (χ4v) is 1.70. The molecule has 0 aliphatic carbocycles. The highest BCUT2D eigenvalue weighted by Gasteiger charge is 2.31. The van der Waals surface area contributed by atoms with Gasteiger partial charge in [-0.2, -0.15) is 13.2 Å². The Hall–Kier alpha value is -2.26. The predicted molar refractivity (Wildman–Crippen MR) is 74.0 cm³/mol. The van der Waals surface area contributed by atoms with Gasteiger partial charge in [0.2, 0.25) is 0 Å². The van der Waals surface area contributed by atoms with Crippen molar-refractivity contribution in [3.8, 4) is 0 Å².